The summed E-state index contributed by atoms with van der Waals surface area (Å²) in [5.41, 5.74) is 4.56. The van der Waals surface area contributed by atoms with Gasteiger partial charge >= 0.3 is 0 Å². The van der Waals surface area contributed by atoms with Crippen LogP contribution in [0, 0.1) is 34.6 Å². The lowest BCUT2D eigenvalue weighted by atomic mass is 10.1. The highest BCUT2D eigenvalue weighted by molar-refractivity contribution is 7.92. The van der Waals surface area contributed by atoms with Crippen LogP contribution in [-0.4, -0.2) is 82.9 Å². The van der Waals surface area contributed by atoms with Gasteiger partial charge in [0.1, 0.15) is 68.5 Å². The van der Waals surface area contributed by atoms with Crippen LogP contribution in [0.2, 0.25) is 0 Å². The Hall–Kier alpha value is -2.65. The average molecular weight is 692 g/mol. The Morgan fingerprint density at radius 1 is 1.02 bits per heavy atom. The van der Waals surface area contributed by atoms with Crippen LogP contribution in [0.4, 0.5) is 17.6 Å². The maximum absolute atomic E-state index is 15.5. The van der Waals surface area contributed by atoms with E-state index in [9.17, 15) is 27.2 Å². The van der Waals surface area contributed by atoms with E-state index in [0.29, 0.717) is 29.7 Å². The van der Waals surface area contributed by atoms with Crippen molar-refractivity contribution < 1.29 is 54.0 Å². The molecule has 0 radical (unpaired) electrons. The van der Waals surface area contributed by atoms with Gasteiger partial charge in [-0.05, 0) is 37.9 Å². The third-order valence-corrected chi connectivity index (χ3v) is 13.1. The SMILES string of the molecule is N#Cc1ccc(C(NS(=O)(=O)c2cc3c(F)c(F)c(OCC[N+]45CC[N+](CCCN)(CC4)CC5)c(F)c3s2)P(=O)([O-])[O-])cc1F. The highest BCUT2D eigenvalue weighted by Crippen LogP contribution is 2.45. The summed E-state index contributed by atoms with van der Waals surface area (Å²) in [5, 5.41) is 8.14. The number of fused-ring (bicyclic) bond motifs is 4. The number of nitriles is 1. The number of hydrogen-bond acceptors (Lipinski definition) is 9. The number of rotatable bonds is 12. The number of quaternary nitrogens is 2. The second kappa shape index (κ2) is 12.5. The first-order valence-corrected chi connectivity index (χ1v) is 17.9. The molecule has 0 amide bonds. The van der Waals surface area contributed by atoms with Crippen LogP contribution in [0.3, 0.4) is 0 Å². The molecule has 1 unspecified atom stereocenters. The van der Waals surface area contributed by atoms with Crippen LogP contribution in [-0.2, 0) is 14.6 Å². The van der Waals surface area contributed by atoms with Crippen molar-refractivity contribution in [2.24, 2.45) is 5.73 Å². The first-order chi connectivity index (χ1) is 21.1. The number of nitrogens with two attached hydrogens (primary N) is 1. The molecule has 45 heavy (non-hydrogen) atoms. The maximum Gasteiger partial charge on any atom is 0.250 e. The third kappa shape index (κ3) is 6.62. The first kappa shape index (κ1) is 33.7. The Labute approximate surface area is 260 Å². The third-order valence-electron chi connectivity index (χ3n) is 8.81. The van der Waals surface area contributed by atoms with Gasteiger partial charge in [0.15, 0.2) is 17.4 Å². The summed E-state index contributed by atoms with van der Waals surface area (Å²) in [6.07, 6.45) is 0.938. The molecule has 3 aliphatic heterocycles. The maximum atomic E-state index is 15.5. The predicted molar refractivity (Wildman–Crippen MR) is 152 cm³/mol. The molecule has 11 nitrogen and oxygen atoms in total. The standard InChI is InChI=1S/C27H30F4N5O6PS2/c28-20-14-17(2-3-18(20)16-33)27(43(37,38)39)34-45(40,41)21-15-19-22(29)23(30)25(24(31)26(19)44-21)42-13-12-36-9-6-35(7-10-36,8-11-36)5-1-4-32/h2-3,14-15,27,34H,1,4-13,32H2. The molecular formula is C27H30F4N5O6PS2. The Bertz CT molecular complexity index is 1810. The van der Waals surface area contributed by atoms with Crippen molar-refractivity contribution in [1.82, 2.24) is 4.72 Å². The molecule has 0 aliphatic carbocycles. The number of piperazine rings is 3. The lowest BCUT2D eigenvalue weighted by molar-refractivity contribution is -1.08. The van der Waals surface area contributed by atoms with E-state index in [1.54, 1.807) is 4.72 Å². The first-order valence-electron chi connectivity index (χ1n) is 14.0. The van der Waals surface area contributed by atoms with Crippen LogP contribution in [0.25, 0.3) is 10.1 Å². The number of nitrogens with one attached hydrogen (secondary N) is 1. The van der Waals surface area contributed by atoms with Gasteiger partial charge in [0, 0.05) is 11.8 Å². The van der Waals surface area contributed by atoms with Crippen molar-refractivity contribution in [2.45, 2.75) is 16.4 Å². The molecule has 3 saturated heterocycles. The van der Waals surface area contributed by atoms with Gasteiger partial charge in [-0.25, -0.2) is 21.6 Å². The van der Waals surface area contributed by atoms with Crippen LogP contribution < -0.4 is 25.0 Å². The number of sulfonamides is 1. The van der Waals surface area contributed by atoms with Crippen molar-refractivity contribution in [3.8, 4) is 11.8 Å². The zero-order valence-corrected chi connectivity index (χ0v) is 26.3. The van der Waals surface area contributed by atoms with E-state index in [1.165, 1.54) is 6.07 Å². The summed E-state index contributed by atoms with van der Waals surface area (Å²) >= 11 is 0.165. The molecule has 1 atom stereocenters. The van der Waals surface area contributed by atoms with Gasteiger partial charge in [-0.1, -0.05) is 6.07 Å². The fourth-order valence-corrected chi connectivity index (χ4v) is 10.00. The van der Waals surface area contributed by atoms with Crippen LogP contribution in [0.1, 0.15) is 23.3 Å². The van der Waals surface area contributed by atoms with Gasteiger partial charge in [-0.2, -0.15) is 14.4 Å². The molecule has 2 aromatic carbocycles. The van der Waals surface area contributed by atoms with Gasteiger partial charge in [-0.3, -0.25) is 0 Å². The highest BCUT2D eigenvalue weighted by atomic mass is 32.2. The van der Waals surface area contributed by atoms with E-state index in [4.69, 9.17) is 15.7 Å². The Morgan fingerprint density at radius 3 is 2.20 bits per heavy atom. The summed E-state index contributed by atoms with van der Waals surface area (Å²) < 4.78 is 105. The topological polar surface area (TPSA) is 168 Å². The van der Waals surface area contributed by atoms with Gasteiger partial charge < -0.3 is 33.8 Å². The molecule has 1 aromatic heterocycles. The van der Waals surface area contributed by atoms with Crippen molar-refractivity contribution in [1.29, 1.82) is 5.26 Å². The molecule has 18 heteroatoms. The van der Waals surface area contributed by atoms with Crippen molar-refractivity contribution in [2.75, 3.05) is 65.5 Å². The van der Waals surface area contributed by atoms with Crippen molar-refractivity contribution >= 4 is 39.0 Å². The molecule has 3 aliphatic rings. The Morgan fingerprint density at radius 2 is 1.64 bits per heavy atom. The lowest BCUT2D eigenvalue weighted by Gasteiger charge is -2.55. The Kier molecular flexibility index (Phi) is 9.37. The van der Waals surface area contributed by atoms with Gasteiger partial charge in [0.2, 0.25) is 5.82 Å². The molecule has 3 aromatic rings. The molecule has 0 spiro atoms. The molecule has 6 rings (SSSR count). The molecular weight excluding hydrogens is 661 g/mol. The normalized spacial score (nSPS) is 22.4. The minimum atomic E-state index is -5.84. The average Bonchev–Trinajstić information content (AvgIpc) is 3.47. The second-order valence-corrected chi connectivity index (χ2v) is 16.0. The summed E-state index contributed by atoms with van der Waals surface area (Å²) in [4.78, 5) is 23.9. The van der Waals surface area contributed by atoms with Crippen LogP contribution in [0.15, 0.2) is 28.5 Å². The van der Waals surface area contributed by atoms with Gasteiger partial charge in [0.05, 0.1) is 22.6 Å². The summed E-state index contributed by atoms with van der Waals surface area (Å²) in [5.74, 6) is -9.31. The molecule has 3 fully saturated rings. The summed E-state index contributed by atoms with van der Waals surface area (Å²) in [6, 6.07) is 4.33. The van der Waals surface area contributed by atoms with E-state index in [2.05, 4.69) is 0 Å². The monoisotopic (exact) mass is 691 g/mol. The number of halogens is 4. The number of ether oxygens (including phenoxy) is 1. The second-order valence-electron chi connectivity index (χ2n) is 11.5. The van der Waals surface area contributed by atoms with E-state index in [1.807, 2.05) is 0 Å². The van der Waals surface area contributed by atoms with E-state index in [0.717, 1.165) is 68.8 Å². The minimum Gasteiger partial charge on any atom is -0.809 e. The van der Waals surface area contributed by atoms with Gasteiger partial charge in [-0.15, -0.1) is 11.3 Å². The summed E-state index contributed by atoms with van der Waals surface area (Å²) in [7, 11) is -10.8. The predicted octanol–water partition coefficient (Wildman–Crippen LogP) is 1.61. The van der Waals surface area contributed by atoms with E-state index >= 15 is 13.2 Å². The molecule has 0 saturated carbocycles. The molecule has 4 heterocycles. The van der Waals surface area contributed by atoms with E-state index < -0.39 is 77.8 Å². The molecule has 3 N–H and O–H groups in total. The lowest BCUT2D eigenvalue weighted by Crippen LogP contribution is -2.75. The smallest absolute Gasteiger partial charge is 0.250 e. The minimum absolute atomic E-state index is 0.120. The molecule has 244 valence electrons. The van der Waals surface area contributed by atoms with Crippen LogP contribution >= 0.6 is 18.9 Å². The molecule has 2 bridgehead atoms. The number of benzene rings is 2. The zero-order chi connectivity index (χ0) is 32.8. The van der Waals surface area contributed by atoms with E-state index in [-0.39, 0.29) is 17.9 Å². The number of hydrogen-bond donors (Lipinski definition) is 2. The van der Waals surface area contributed by atoms with Crippen molar-refractivity contribution in [3.63, 3.8) is 0 Å². The number of nitrogens with zero attached hydrogens (tertiary/aromatic N) is 3. The highest BCUT2D eigenvalue weighted by Gasteiger charge is 2.48. The largest absolute Gasteiger partial charge is 0.809 e. The summed E-state index contributed by atoms with van der Waals surface area (Å²) in [6.45, 7) is 7.41. The zero-order valence-electron chi connectivity index (χ0n) is 23.8. The number of thiophene rings is 1. The fraction of sp³-hybridized carbons (Fsp3) is 0.444. The fourth-order valence-electron chi connectivity index (χ4n) is 6.07. The van der Waals surface area contributed by atoms with Crippen LogP contribution in [0.5, 0.6) is 5.75 Å². The van der Waals surface area contributed by atoms with Gasteiger partial charge in [0.25, 0.3) is 10.0 Å². The Balaban J connectivity index is 1.36. The quantitative estimate of drug-likeness (QED) is 0.125. The van der Waals surface area contributed by atoms with Crippen molar-refractivity contribution in [3.05, 3.63) is 58.7 Å².